The van der Waals surface area contributed by atoms with Gasteiger partial charge < -0.3 is 5.21 Å². The van der Waals surface area contributed by atoms with Gasteiger partial charge in [-0.15, -0.1) is 0 Å². The second-order valence-electron chi connectivity index (χ2n) is 4.70. The fourth-order valence-corrected chi connectivity index (χ4v) is 2.14. The molecule has 0 aromatic heterocycles. The van der Waals surface area contributed by atoms with Gasteiger partial charge in [-0.05, 0) is 24.1 Å². The Balaban J connectivity index is 2.29. The first kappa shape index (κ1) is 14.7. The number of nitro groups is 1. The number of rotatable bonds is 5. The molecule has 0 saturated heterocycles. The topological polar surface area (TPSA) is 75.7 Å². The van der Waals surface area contributed by atoms with Crippen molar-refractivity contribution in [1.82, 2.24) is 0 Å². The van der Waals surface area contributed by atoms with E-state index in [4.69, 9.17) is 0 Å². The predicted octanol–water partition coefficient (Wildman–Crippen LogP) is 3.77. The Morgan fingerprint density at radius 2 is 1.62 bits per heavy atom. The van der Waals surface area contributed by atoms with E-state index in [0.717, 1.165) is 18.4 Å². The molecule has 5 heteroatoms. The van der Waals surface area contributed by atoms with Crippen molar-refractivity contribution in [3.63, 3.8) is 0 Å². The monoisotopic (exact) mass is 284 g/mol. The molecule has 0 aliphatic rings. The molecule has 0 atom stereocenters. The quantitative estimate of drug-likeness (QED) is 0.393. The summed E-state index contributed by atoms with van der Waals surface area (Å²) in [5.74, 6) is 0. The standard InChI is InChI=1S/C16H16N2O3/c1-2-3-12-4-6-13(7-5-12)16(17-19)14-8-10-15(11-9-14)18(20)21/h4-11,19H,2-3H2,1H3/b17-16-. The van der Waals surface area contributed by atoms with E-state index in [0.29, 0.717) is 11.3 Å². The van der Waals surface area contributed by atoms with Crippen LogP contribution in [0.25, 0.3) is 0 Å². The van der Waals surface area contributed by atoms with Gasteiger partial charge in [0.05, 0.1) is 4.92 Å². The van der Waals surface area contributed by atoms with Gasteiger partial charge in [-0.25, -0.2) is 0 Å². The van der Waals surface area contributed by atoms with Crippen LogP contribution in [0.15, 0.2) is 53.7 Å². The molecule has 0 saturated carbocycles. The summed E-state index contributed by atoms with van der Waals surface area (Å²) >= 11 is 0. The first-order valence-electron chi connectivity index (χ1n) is 6.72. The molecule has 2 aromatic rings. The molecule has 0 fully saturated rings. The second-order valence-corrected chi connectivity index (χ2v) is 4.70. The maximum absolute atomic E-state index is 10.6. The maximum atomic E-state index is 10.6. The van der Waals surface area contributed by atoms with Crippen LogP contribution in [-0.4, -0.2) is 15.8 Å². The Morgan fingerprint density at radius 3 is 2.05 bits per heavy atom. The SMILES string of the molecule is CCCc1ccc(/C(=N/O)c2ccc([N+](=O)[O-])cc2)cc1. The number of benzene rings is 2. The molecule has 0 aliphatic heterocycles. The highest BCUT2D eigenvalue weighted by molar-refractivity contribution is 6.12. The number of hydrogen-bond donors (Lipinski definition) is 1. The zero-order chi connectivity index (χ0) is 15.2. The van der Waals surface area contributed by atoms with Crippen LogP contribution in [0.3, 0.4) is 0 Å². The third kappa shape index (κ3) is 3.45. The van der Waals surface area contributed by atoms with Crippen molar-refractivity contribution < 1.29 is 10.1 Å². The lowest BCUT2D eigenvalue weighted by molar-refractivity contribution is -0.384. The molecule has 5 nitrogen and oxygen atoms in total. The largest absolute Gasteiger partial charge is 0.410 e. The summed E-state index contributed by atoms with van der Waals surface area (Å²) in [5.41, 5.74) is 3.03. The van der Waals surface area contributed by atoms with Crippen molar-refractivity contribution in [1.29, 1.82) is 0 Å². The number of non-ortho nitro benzene ring substituents is 1. The molecule has 0 unspecified atom stereocenters. The van der Waals surface area contributed by atoms with Crippen LogP contribution in [0.5, 0.6) is 0 Å². The number of nitrogens with zero attached hydrogens (tertiary/aromatic N) is 2. The third-order valence-electron chi connectivity index (χ3n) is 3.22. The zero-order valence-electron chi connectivity index (χ0n) is 11.7. The molecular weight excluding hydrogens is 268 g/mol. The van der Waals surface area contributed by atoms with Gasteiger partial charge in [-0.1, -0.05) is 42.8 Å². The fourth-order valence-electron chi connectivity index (χ4n) is 2.14. The van der Waals surface area contributed by atoms with Gasteiger partial charge in [-0.3, -0.25) is 10.1 Å². The molecule has 0 spiro atoms. The van der Waals surface area contributed by atoms with Crippen molar-refractivity contribution in [2.45, 2.75) is 19.8 Å². The Labute approximate surface area is 122 Å². The molecule has 0 heterocycles. The van der Waals surface area contributed by atoms with Gasteiger partial charge in [-0.2, -0.15) is 0 Å². The minimum Gasteiger partial charge on any atom is -0.410 e. The van der Waals surface area contributed by atoms with Crippen LogP contribution in [0.2, 0.25) is 0 Å². The molecule has 1 N–H and O–H groups in total. The summed E-state index contributed by atoms with van der Waals surface area (Å²) < 4.78 is 0. The number of nitro benzene ring substituents is 1. The van der Waals surface area contributed by atoms with E-state index in [1.807, 2.05) is 24.3 Å². The van der Waals surface area contributed by atoms with Crippen molar-refractivity contribution in [2.24, 2.45) is 5.16 Å². The minimum absolute atomic E-state index is 0.00864. The summed E-state index contributed by atoms with van der Waals surface area (Å²) in [4.78, 5) is 10.2. The average Bonchev–Trinajstić information content (AvgIpc) is 2.50. The van der Waals surface area contributed by atoms with Crippen molar-refractivity contribution in [3.05, 3.63) is 75.3 Å². The van der Waals surface area contributed by atoms with Gasteiger partial charge in [0.1, 0.15) is 5.71 Å². The van der Waals surface area contributed by atoms with E-state index in [1.165, 1.54) is 17.7 Å². The first-order chi connectivity index (χ1) is 10.2. The highest BCUT2D eigenvalue weighted by atomic mass is 16.6. The predicted molar refractivity (Wildman–Crippen MR) is 81.0 cm³/mol. The minimum atomic E-state index is -0.459. The molecule has 0 radical (unpaired) electrons. The van der Waals surface area contributed by atoms with Crippen LogP contribution in [0, 0.1) is 10.1 Å². The maximum Gasteiger partial charge on any atom is 0.269 e. The van der Waals surface area contributed by atoms with Gasteiger partial charge in [0, 0.05) is 23.3 Å². The van der Waals surface area contributed by atoms with Gasteiger partial charge in [0.2, 0.25) is 0 Å². The molecule has 2 aromatic carbocycles. The van der Waals surface area contributed by atoms with Crippen LogP contribution in [0.1, 0.15) is 30.0 Å². The molecular formula is C16H16N2O3. The van der Waals surface area contributed by atoms with E-state index in [-0.39, 0.29) is 5.69 Å². The lowest BCUT2D eigenvalue weighted by atomic mass is 10.00. The number of aryl methyl sites for hydroxylation is 1. The van der Waals surface area contributed by atoms with Crippen LogP contribution >= 0.6 is 0 Å². The van der Waals surface area contributed by atoms with E-state index >= 15 is 0 Å². The molecule has 2 rings (SSSR count). The smallest absolute Gasteiger partial charge is 0.269 e. The fraction of sp³-hybridized carbons (Fsp3) is 0.188. The van der Waals surface area contributed by atoms with E-state index < -0.39 is 4.92 Å². The van der Waals surface area contributed by atoms with Crippen molar-refractivity contribution >= 4 is 11.4 Å². The lowest BCUT2D eigenvalue weighted by Gasteiger charge is -2.06. The van der Waals surface area contributed by atoms with E-state index in [2.05, 4.69) is 12.1 Å². The van der Waals surface area contributed by atoms with Gasteiger partial charge in [0.15, 0.2) is 0 Å². The summed E-state index contributed by atoms with van der Waals surface area (Å²) in [6.45, 7) is 2.12. The zero-order valence-corrected chi connectivity index (χ0v) is 11.7. The Morgan fingerprint density at radius 1 is 1.10 bits per heavy atom. The number of hydrogen-bond acceptors (Lipinski definition) is 4. The molecule has 108 valence electrons. The summed E-state index contributed by atoms with van der Waals surface area (Å²) in [5, 5.41) is 23.2. The highest BCUT2D eigenvalue weighted by Crippen LogP contribution is 2.17. The summed E-state index contributed by atoms with van der Waals surface area (Å²) in [7, 11) is 0. The molecule has 0 amide bonds. The Bertz CT molecular complexity index is 646. The van der Waals surface area contributed by atoms with E-state index in [9.17, 15) is 15.3 Å². The highest BCUT2D eigenvalue weighted by Gasteiger charge is 2.10. The van der Waals surface area contributed by atoms with Gasteiger partial charge in [0.25, 0.3) is 5.69 Å². The van der Waals surface area contributed by atoms with Crippen LogP contribution < -0.4 is 0 Å². The van der Waals surface area contributed by atoms with Crippen LogP contribution in [-0.2, 0) is 6.42 Å². The average molecular weight is 284 g/mol. The summed E-state index contributed by atoms with van der Waals surface area (Å²) in [6.07, 6.45) is 2.08. The van der Waals surface area contributed by atoms with Crippen molar-refractivity contribution in [2.75, 3.05) is 0 Å². The van der Waals surface area contributed by atoms with Crippen LogP contribution in [0.4, 0.5) is 5.69 Å². The lowest BCUT2D eigenvalue weighted by Crippen LogP contribution is -2.03. The van der Waals surface area contributed by atoms with E-state index in [1.54, 1.807) is 12.1 Å². The molecule has 0 bridgehead atoms. The molecule has 0 aliphatic carbocycles. The normalized spacial score (nSPS) is 11.4. The Kier molecular flexibility index (Phi) is 4.66. The third-order valence-corrected chi connectivity index (χ3v) is 3.22. The summed E-state index contributed by atoms with van der Waals surface area (Å²) in [6, 6.07) is 13.7. The second kappa shape index (κ2) is 6.65. The van der Waals surface area contributed by atoms with Gasteiger partial charge >= 0.3 is 0 Å². The number of oxime groups is 1. The van der Waals surface area contributed by atoms with Crippen molar-refractivity contribution in [3.8, 4) is 0 Å². The Hall–Kier alpha value is -2.69. The molecule has 21 heavy (non-hydrogen) atoms. The first-order valence-corrected chi connectivity index (χ1v) is 6.72.